The van der Waals surface area contributed by atoms with E-state index in [4.69, 9.17) is 19.3 Å². The smallest absolute Gasteiger partial charge is 0.305 e. The highest BCUT2D eigenvalue weighted by atomic mass is 16.5. The maximum atomic E-state index is 11.6. The maximum Gasteiger partial charge on any atom is 0.305 e. The highest BCUT2D eigenvalue weighted by molar-refractivity contribution is 5.75. The van der Waals surface area contributed by atoms with Crippen LogP contribution in [0, 0.1) is 0 Å². The van der Waals surface area contributed by atoms with Crippen molar-refractivity contribution in [3.63, 3.8) is 0 Å². The van der Waals surface area contributed by atoms with Gasteiger partial charge in [-0.15, -0.1) is 0 Å². The third kappa shape index (κ3) is 22.2. The molecule has 0 aromatic rings. The second-order valence-electron chi connectivity index (χ2n) is 5.92. The largest absolute Gasteiger partial charge is 0.481 e. The molecule has 0 aliphatic rings. The quantitative estimate of drug-likeness (QED) is 0.195. The number of amides is 2. The number of hydrogen-bond acceptors (Lipinski definition) is 6. The second kappa shape index (κ2) is 20.6. The second-order valence-corrected chi connectivity index (χ2v) is 5.92. The van der Waals surface area contributed by atoms with E-state index in [-0.39, 0.29) is 18.9 Å². The minimum Gasteiger partial charge on any atom is -0.481 e. The van der Waals surface area contributed by atoms with Crippen molar-refractivity contribution in [2.45, 2.75) is 44.9 Å². The Morgan fingerprint density at radius 1 is 0.741 bits per heavy atom. The van der Waals surface area contributed by atoms with Gasteiger partial charge in [0.05, 0.1) is 46.1 Å². The number of hydrogen-bond donors (Lipinski definition) is 3. The van der Waals surface area contributed by atoms with E-state index in [0.717, 1.165) is 38.6 Å². The summed E-state index contributed by atoms with van der Waals surface area (Å²) < 4.78 is 15.7. The van der Waals surface area contributed by atoms with Crippen molar-refractivity contribution in [1.29, 1.82) is 0 Å². The fourth-order valence-electron chi connectivity index (χ4n) is 2.15. The molecule has 0 atom stereocenters. The number of carbonyl (C=O) groups excluding carboxylic acids is 2. The number of ether oxygens (including phenoxy) is 3. The molecule has 0 saturated carbocycles. The molecule has 0 spiro atoms. The van der Waals surface area contributed by atoms with Crippen molar-refractivity contribution < 1.29 is 33.7 Å². The molecule has 158 valence electrons. The summed E-state index contributed by atoms with van der Waals surface area (Å²) >= 11 is 0. The molecule has 27 heavy (non-hydrogen) atoms. The lowest BCUT2D eigenvalue weighted by atomic mass is 10.1. The van der Waals surface area contributed by atoms with Gasteiger partial charge in [-0.1, -0.05) is 19.3 Å². The summed E-state index contributed by atoms with van der Waals surface area (Å²) in [5, 5.41) is 13.9. The highest BCUT2D eigenvalue weighted by Crippen LogP contribution is 2.04. The van der Waals surface area contributed by atoms with Crippen molar-refractivity contribution in [2.75, 3.05) is 52.7 Å². The predicted octanol–water partition coefficient (Wildman–Crippen LogP) is 0.714. The summed E-state index contributed by atoms with van der Waals surface area (Å²) in [6.07, 6.45) is 6.23. The zero-order chi connectivity index (χ0) is 20.0. The average Bonchev–Trinajstić information content (AvgIpc) is 2.64. The third-order valence-electron chi connectivity index (χ3n) is 3.58. The van der Waals surface area contributed by atoms with Gasteiger partial charge in [-0.25, -0.2) is 0 Å². The molecule has 2 amide bonds. The van der Waals surface area contributed by atoms with E-state index in [0.29, 0.717) is 52.4 Å². The van der Waals surface area contributed by atoms with E-state index in [1.54, 1.807) is 0 Å². The van der Waals surface area contributed by atoms with Crippen molar-refractivity contribution in [2.24, 2.45) is 0 Å². The van der Waals surface area contributed by atoms with Crippen molar-refractivity contribution in [3.8, 4) is 0 Å². The molecule has 9 heteroatoms. The van der Waals surface area contributed by atoms with Gasteiger partial charge in [0.25, 0.3) is 0 Å². The van der Waals surface area contributed by atoms with E-state index in [1.165, 1.54) is 0 Å². The number of carbonyl (C=O) groups is 3. The number of carboxylic acid groups (broad SMARTS) is 1. The van der Waals surface area contributed by atoms with Crippen molar-refractivity contribution in [1.82, 2.24) is 10.6 Å². The zero-order valence-electron chi connectivity index (χ0n) is 16.1. The van der Waals surface area contributed by atoms with Gasteiger partial charge < -0.3 is 30.0 Å². The Hall–Kier alpha value is -1.71. The molecular formula is C18H34N2O7. The highest BCUT2D eigenvalue weighted by Gasteiger charge is 2.01. The van der Waals surface area contributed by atoms with Gasteiger partial charge in [0.1, 0.15) is 0 Å². The van der Waals surface area contributed by atoms with E-state index in [9.17, 15) is 14.4 Å². The lowest BCUT2D eigenvalue weighted by molar-refractivity contribution is -0.138. The van der Waals surface area contributed by atoms with E-state index < -0.39 is 5.97 Å². The van der Waals surface area contributed by atoms with E-state index in [1.807, 2.05) is 0 Å². The summed E-state index contributed by atoms with van der Waals surface area (Å²) in [6.45, 7) is 3.45. The average molecular weight is 390 g/mol. The molecule has 0 aliphatic heterocycles. The van der Waals surface area contributed by atoms with Crippen LogP contribution in [0.5, 0.6) is 0 Å². The number of rotatable bonds is 21. The van der Waals surface area contributed by atoms with Gasteiger partial charge in [0, 0.05) is 19.5 Å². The Bertz CT molecular complexity index is 381. The van der Waals surface area contributed by atoms with Gasteiger partial charge in [-0.3, -0.25) is 14.4 Å². The van der Waals surface area contributed by atoms with Gasteiger partial charge in [-0.2, -0.15) is 0 Å². The van der Waals surface area contributed by atoms with Crippen LogP contribution < -0.4 is 10.6 Å². The lowest BCUT2D eigenvalue weighted by Crippen LogP contribution is -2.27. The minimum atomic E-state index is -0.878. The SMILES string of the molecule is O=CNCCCCCCCC(=O)NCCOCCOCCOCCC(=O)O. The Labute approximate surface area is 161 Å². The van der Waals surface area contributed by atoms with Gasteiger partial charge >= 0.3 is 5.97 Å². The number of unbranched alkanes of at least 4 members (excludes halogenated alkanes) is 4. The zero-order valence-corrected chi connectivity index (χ0v) is 16.1. The molecule has 9 nitrogen and oxygen atoms in total. The maximum absolute atomic E-state index is 11.6. The van der Waals surface area contributed by atoms with Crippen LogP contribution in [0.1, 0.15) is 44.9 Å². The van der Waals surface area contributed by atoms with Crippen LogP contribution in [0.3, 0.4) is 0 Å². The monoisotopic (exact) mass is 390 g/mol. The molecular weight excluding hydrogens is 356 g/mol. The van der Waals surface area contributed by atoms with Crippen LogP contribution in [0.2, 0.25) is 0 Å². The summed E-state index contributed by atoms with van der Waals surface area (Å²) in [5.74, 6) is -0.840. The van der Waals surface area contributed by atoms with Crippen LogP contribution in [0.15, 0.2) is 0 Å². The molecule has 0 aromatic carbocycles. The molecule has 0 fully saturated rings. The topological polar surface area (TPSA) is 123 Å². The lowest BCUT2D eigenvalue weighted by Gasteiger charge is -2.08. The summed E-state index contributed by atoms with van der Waals surface area (Å²) in [5.41, 5.74) is 0. The van der Waals surface area contributed by atoms with Gasteiger partial charge in [0.15, 0.2) is 0 Å². The molecule has 0 aromatic heterocycles. The van der Waals surface area contributed by atoms with Gasteiger partial charge in [-0.05, 0) is 12.8 Å². The first-order valence-corrected chi connectivity index (χ1v) is 9.55. The fraction of sp³-hybridized carbons (Fsp3) is 0.833. The Balaban J connectivity index is 3.16. The van der Waals surface area contributed by atoms with Crippen molar-refractivity contribution in [3.05, 3.63) is 0 Å². The standard InChI is InChI=1S/C18H34N2O7/c21-16-19-8-5-3-1-2-4-6-17(22)20-9-11-26-13-15-27-14-12-25-10-7-18(23)24/h16H,1-15H2,(H,19,21)(H,20,22)(H,23,24). The van der Waals surface area contributed by atoms with Crippen LogP contribution in [0.4, 0.5) is 0 Å². The van der Waals surface area contributed by atoms with Crippen LogP contribution in [0.25, 0.3) is 0 Å². The summed E-state index contributed by atoms with van der Waals surface area (Å²) in [6, 6.07) is 0. The first-order valence-electron chi connectivity index (χ1n) is 9.55. The normalized spacial score (nSPS) is 10.5. The third-order valence-corrected chi connectivity index (χ3v) is 3.58. The minimum absolute atomic E-state index is 0.00494. The number of carboxylic acids is 1. The van der Waals surface area contributed by atoms with Crippen LogP contribution in [-0.2, 0) is 28.6 Å². The fourth-order valence-corrected chi connectivity index (χ4v) is 2.15. The molecule has 0 saturated heterocycles. The molecule has 0 radical (unpaired) electrons. The van der Waals surface area contributed by atoms with Crippen LogP contribution >= 0.6 is 0 Å². The van der Waals surface area contributed by atoms with Crippen LogP contribution in [-0.4, -0.2) is 76.1 Å². The first kappa shape index (κ1) is 25.3. The van der Waals surface area contributed by atoms with E-state index >= 15 is 0 Å². The predicted molar refractivity (Wildman–Crippen MR) is 99.5 cm³/mol. The summed E-state index contributed by atoms with van der Waals surface area (Å²) in [7, 11) is 0. The van der Waals surface area contributed by atoms with E-state index in [2.05, 4.69) is 10.6 Å². The molecule has 0 rings (SSSR count). The Kier molecular flexibility index (Phi) is 19.3. The Morgan fingerprint density at radius 3 is 2.00 bits per heavy atom. The molecule has 0 unspecified atom stereocenters. The molecule has 3 N–H and O–H groups in total. The van der Waals surface area contributed by atoms with Gasteiger partial charge in [0.2, 0.25) is 12.3 Å². The summed E-state index contributed by atoms with van der Waals surface area (Å²) in [4.78, 5) is 31.9. The molecule has 0 heterocycles. The number of aliphatic carboxylic acids is 1. The molecule has 0 bridgehead atoms. The first-order chi connectivity index (χ1) is 13.2. The molecule has 0 aliphatic carbocycles. The van der Waals surface area contributed by atoms with Crippen molar-refractivity contribution >= 4 is 18.3 Å². The Morgan fingerprint density at radius 2 is 1.33 bits per heavy atom. The number of nitrogens with one attached hydrogen (secondary N) is 2.